The van der Waals surface area contributed by atoms with Crippen LogP contribution >= 0.6 is 0 Å². The lowest BCUT2D eigenvalue weighted by atomic mass is 10.1. The van der Waals surface area contributed by atoms with Crippen molar-refractivity contribution in [3.8, 4) is 0 Å². The SMILES string of the molecule is COC(CN(CCO)C1CC1)c1ccccc1. The Labute approximate surface area is 103 Å². The Morgan fingerprint density at radius 1 is 1.35 bits per heavy atom. The number of benzene rings is 1. The summed E-state index contributed by atoms with van der Waals surface area (Å²) >= 11 is 0. The molecule has 2 rings (SSSR count). The summed E-state index contributed by atoms with van der Waals surface area (Å²) in [7, 11) is 1.75. The van der Waals surface area contributed by atoms with Crippen LogP contribution < -0.4 is 0 Å². The Kier molecular flexibility index (Phi) is 4.54. The fraction of sp³-hybridized carbons (Fsp3) is 0.571. The number of rotatable bonds is 7. The maximum atomic E-state index is 9.09. The lowest BCUT2D eigenvalue weighted by molar-refractivity contribution is 0.0542. The van der Waals surface area contributed by atoms with Gasteiger partial charge in [0.15, 0.2) is 0 Å². The van der Waals surface area contributed by atoms with Gasteiger partial charge in [0, 0.05) is 26.2 Å². The molecule has 3 heteroatoms. The van der Waals surface area contributed by atoms with Crippen LogP contribution in [0.3, 0.4) is 0 Å². The number of nitrogens with zero attached hydrogens (tertiary/aromatic N) is 1. The largest absolute Gasteiger partial charge is 0.395 e. The molecule has 1 aliphatic rings. The molecule has 1 N–H and O–H groups in total. The molecular weight excluding hydrogens is 214 g/mol. The highest BCUT2D eigenvalue weighted by Crippen LogP contribution is 2.29. The molecule has 3 nitrogen and oxygen atoms in total. The molecule has 0 radical (unpaired) electrons. The van der Waals surface area contributed by atoms with Gasteiger partial charge < -0.3 is 9.84 Å². The summed E-state index contributed by atoms with van der Waals surface area (Å²) in [5.41, 5.74) is 1.21. The van der Waals surface area contributed by atoms with Gasteiger partial charge in [-0.3, -0.25) is 4.90 Å². The van der Waals surface area contributed by atoms with Gasteiger partial charge >= 0.3 is 0 Å². The molecule has 0 bridgehead atoms. The van der Waals surface area contributed by atoms with E-state index < -0.39 is 0 Å². The first kappa shape index (κ1) is 12.6. The van der Waals surface area contributed by atoms with Gasteiger partial charge in [0.1, 0.15) is 0 Å². The van der Waals surface area contributed by atoms with Crippen molar-refractivity contribution >= 4 is 0 Å². The zero-order valence-electron chi connectivity index (χ0n) is 10.4. The average molecular weight is 235 g/mol. The molecule has 1 aromatic carbocycles. The average Bonchev–Trinajstić information content (AvgIpc) is 3.20. The lowest BCUT2D eigenvalue weighted by Gasteiger charge is -2.26. The van der Waals surface area contributed by atoms with Crippen LogP contribution in [-0.4, -0.2) is 42.9 Å². The summed E-state index contributed by atoms with van der Waals surface area (Å²) in [4.78, 5) is 2.33. The third-order valence-corrected chi connectivity index (χ3v) is 3.31. The highest BCUT2D eigenvalue weighted by Gasteiger charge is 2.30. The summed E-state index contributed by atoms with van der Waals surface area (Å²) in [5.74, 6) is 0. The molecule has 1 atom stereocenters. The standard InChI is InChI=1S/C14H21NO2/c1-17-14(12-5-3-2-4-6-12)11-15(9-10-16)13-7-8-13/h2-6,13-14,16H,7-11H2,1H3. The van der Waals surface area contributed by atoms with Gasteiger partial charge in [0.25, 0.3) is 0 Å². The van der Waals surface area contributed by atoms with E-state index in [-0.39, 0.29) is 12.7 Å². The third-order valence-electron chi connectivity index (χ3n) is 3.31. The predicted molar refractivity (Wildman–Crippen MR) is 67.9 cm³/mol. The molecular formula is C14H21NO2. The van der Waals surface area contributed by atoms with Gasteiger partial charge in [-0.05, 0) is 18.4 Å². The van der Waals surface area contributed by atoms with E-state index in [4.69, 9.17) is 9.84 Å². The summed E-state index contributed by atoms with van der Waals surface area (Å²) in [6.07, 6.45) is 2.61. The molecule has 0 spiro atoms. The molecule has 1 aromatic rings. The number of aliphatic hydroxyl groups is 1. The van der Waals surface area contributed by atoms with Gasteiger partial charge in [-0.15, -0.1) is 0 Å². The molecule has 0 heterocycles. The Bertz CT molecular complexity index is 324. The Morgan fingerprint density at radius 3 is 2.59 bits per heavy atom. The molecule has 0 amide bonds. The highest BCUT2D eigenvalue weighted by molar-refractivity contribution is 5.18. The van der Waals surface area contributed by atoms with E-state index in [0.29, 0.717) is 6.04 Å². The topological polar surface area (TPSA) is 32.7 Å². The smallest absolute Gasteiger partial charge is 0.0948 e. The van der Waals surface area contributed by atoms with Crippen LogP contribution in [0.25, 0.3) is 0 Å². The van der Waals surface area contributed by atoms with Gasteiger partial charge in [-0.1, -0.05) is 30.3 Å². The van der Waals surface area contributed by atoms with Crippen molar-refractivity contribution in [2.45, 2.75) is 25.0 Å². The molecule has 1 saturated carbocycles. The molecule has 1 fully saturated rings. The molecule has 0 aromatic heterocycles. The summed E-state index contributed by atoms with van der Waals surface area (Å²) in [5, 5.41) is 9.09. The molecule has 17 heavy (non-hydrogen) atoms. The van der Waals surface area contributed by atoms with Gasteiger partial charge in [-0.25, -0.2) is 0 Å². The zero-order valence-corrected chi connectivity index (χ0v) is 10.4. The van der Waals surface area contributed by atoms with Crippen molar-refractivity contribution in [1.82, 2.24) is 4.90 Å². The zero-order chi connectivity index (χ0) is 12.1. The minimum atomic E-state index is 0.100. The molecule has 1 unspecified atom stereocenters. The number of ether oxygens (including phenoxy) is 1. The predicted octanol–water partition coefficient (Wildman–Crippen LogP) is 1.83. The van der Waals surface area contributed by atoms with Crippen LogP contribution in [0.1, 0.15) is 24.5 Å². The van der Waals surface area contributed by atoms with Crippen molar-refractivity contribution in [2.24, 2.45) is 0 Å². The van der Waals surface area contributed by atoms with Crippen LogP contribution in [0.4, 0.5) is 0 Å². The Balaban J connectivity index is 1.98. The monoisotopic (exact) mass is 235 g/mol. The summed E-state index contributed by atoms with van der Waals surface area (Å²) in [6.45, 7) is 1.84. The van der Waals surface area contributed by atoms with Crippen molar-refractivity contribution in [1.29, 1.82) is 0 Å². The molecule has 1 aliphatic carbocycles. The van der Waals surface area contributed by atoms with E-state index in [2.05, 4.69) is 17.0 Å². The van der Waals surface area contributed by atoms with Gasteiger partial charge in [0.2, 0.25) is 0 Å². The van der Waals surface area contributed by atoms with Crippen LogP contribution in [0.2, 0.25) is 0 Å². The number of aliphatic hydroxyl groups excluding tert-OH is 1. The number of methoxy groups -OCH3 is 1. The first-order valence-corrected chi connectivity index (χ1v) is 6.27. The van der Waals surface area contributed by atoms with Gasteiger partial charge in [0.05, 0.1) is 12.7 Å². The number of hydrogen-bond donors (Lipinski definition) is 1. The van der Waals surface area contributed by atoms with E-state index in [9.17, 15) is 0 Å². The second-order valence-corrected chi connectivity index (χ2v) is 4.58. The fourth-order valence-electron chi connectivity index (χ4n) is 2.19. The quantitative estimate of drug-likeness (QED) is 0.782. The van der Waals surface area contributed by atoms with Crippen LogP contribution in [0, 0.1) is 0 Å². The Morgan fingerprint density at radius 2 is 2.06 bits per heavy atom. The second kappa shape index (κ2) is 6.15. The maximum Gasteiger partial charge on any atom is 0.0948 e. The van der Waals surface area contributed by atoms with Crippen molar-refractivity contribution in [3.63, 3.8) is 0 Å². The van der Waals surface area contributed by atoms with E-state index in [1.165, 1.54) is 18.4 Å². The maximum absolute atomic E-state index is 9.09. The normalized spacial score (nSPS) is 17.4. The number of hydrogen-bond acceptors (Lipinski definition) is 3. The van der Waals surface area contributed by atoms with E-state index in [0.717, 1.165) is 13.1 Å². The second-order valence-electron chi connectivity index (χ2n) is 4.58. The van der Waals surface area contributed by atoms with Crippen LogP contribution in [-0.2, 0) is 4.74 Å². The lowest BCUT2D eigenvalue weighted by Crippen LogP contribution is -2.33. The first-order chi connectivity index (χ1) is 8.35. The summed E-state index contributed by atoms with van der Waals surface area (Å²) < 4.78 is 5.57. The highest BCUT2D eigenvalue weighted by atomic mass is 16.5. The van der Waals surface area contributed by atoms with Crippen molar-refractivity contribution < 1.29 is 9.84 Å². The van der Waals surface area contributed by atoms with Crippen molar-refractivity contribution in [2.75, 3.05) is 26.8 Å². The van der Waals surface area contributed by atoms with Crippen LogP contribution in [0.15, 0.2) is 30.3 Å². The Hall–Kier alpha value is -0.900. The first-order valence-electron chi connectivity index (χ1n) is 6.27. The summed E-state index contributed by atoms with van der Waals surface area (Å²) in [6, 6.07) is 10.9. The fourth-order valence-corrected chi connectivity index (χ4v) is 2.19. The molecule has 0 aliphatic heterocycles. The van der Waals surface area contributed by atoms with E-state index in [1.807, 2.05) is 18.2 Å². The minimum Gasteiger partial charge on any atom is -0.395 e. The molecule has 94 valence electrons. The third kappa shape index (κ3) is 3.53. The molecule has 0 saturated heterocycles. The van der Waals surface area contributed by atoms with E-state index in [1.54, 1.807) is 7.11 Å². The van der Waals surface area contributed by atoms with Gasteiger partial charge in [-0.2, -0.15) is 0 Å². The minimum absolute atomic E-state index is 0.100. The van der Waals surface area contributed by atoms with Crippen molar-refractivity contribution in [3.05, 3.63) is 35.9 Å². The van der Waals surface area contributed by atoms with E-state index >= 15 is 0 Å². The van der Waals surface area contributed by atoms with Crippen LogP contribution in [0.5, 0.6) is 0 Å².